The lowest BCUT2D eigenvalue weighted by atomic mass is 10.3. The Kier molecular flexibility index (Phi) is 4.82. The lowest BCUT2D eigenvalue weighted by Crippen LogP contribution is -2.33. The zero-order valence-corrected chi connectivity index (χ0v) is 10.6. The second kappa shape index (κ2) is 6.13. The van der Waals surface area contributed by atoms with Crippen LogP contribution in [0.2, 0.25) is 0 Å². The van der Waals surface area contributed by atoms with Crippen LogP contribution < -0.4 is 10.5 Å². The molecule has 0 radical (unpaired) electrons. The summed E-state index contributed by atoms with van der Waals surface area (Å²) < 4.78 is 5.46. The Hall–Kier alpha value is -1.71. The van der Waals surface area contributed by atoms with Gasteiger partial charge in [0.05, 0.1) is 18.7 Å². The summed E-state index contributed by atoms with van der Waals surface area (Å²) in [6, 6.07) is 7.49. The highest BCUT2D eigenvalue weighted by atomic mass is 16.5. The van der Waals surface area contributed by atoms with Crippen molar-refractivity contribution in [2.45, 2.75) is 26.3 Å². The van der Waals surface area contributed by atoms with E-state index in [2.05, 4.69) is 0 Å². The summed E-state index contributed by atoms with van der Waals surface area (Å²) in [5, 5.41) is 0. The van der Waals surface area contributed by atoms with Crippen LogP contribution in [0.3, 0.4) is 0 Å². The molecule has 0 unspecified atom stereocenters. The third-order valence-electron chi connectivity index (χ3n) is 2.66. The summed E-state index contributed by atoms with van der Waals surface area (Å²) in [7, 11) is 1.80. The van der Waals surface area contributed by atoms with Crippen molar-refractivity contribution in [1.82, 2.24) is 4.90 Å². The summed E-state index contributed by atoms with van der Waals surface area (Å²) in [4.78, 5) is 13.4. The van der Waals surface area contributed by atoms with Gasteiger partial charge in [-0.25, -0.2) is 0 Å². The van der Waals surface area contributed by atoms with Crippen LogP contribution in [0.4, 0.5) is 5.69 Å². The third-order valence-corrected chi connectivity index (χ3v) is 2.66. The molecule has 1 amide bonds. The Balaban J connectivity index is 2.38. The minimum absolute atomic E-state index is 0.0782. The number of anilines is 1. The zero-order valence-electron chi connectivity index (χ0n) is 10.6. The van der Waals surface area contributed by atoms with E-state index >= 15 is 0 Å². The lowest BCUT2D eigenvalue weighted by molar-refractivity contribution is -0.131. The van der Waals surface area contributed by atoms with Gasteiger partial charge in [-0.2, -0.15) is 0 Å². The highest BCUT2D eigenvalue weighted by molar-refractivity contribution is 5.76. The second-order valence-electron chi connectivity index (χ2n) is 4.23. The first-order valence-corrected chi connectivity index (χ1v) is 5.75. The Bertz CT molecular complexity index is 377. The van der Waals surface area contributed by atoms with Crippen molar-refractivity contribution in [1.29, 1.82) is 0 Å². The van der Waals surface area contributed by atoms with Gasteiger partial charge in [-0.05, 0) is 26.0 Å². The summed E-state index contributed by atoms with van der Waals surface area (Å²) in [6.45, 7) is 4.31. The number of hydrogen-bond donors (Lipinski definition) is 1. The Labute approximate surface area is 102 Å². The van der Waals surface area contributed by atoms with Crippen molar-refractivity contribution < 1.29 is 9.53 Å². The first-order chi connectivity index (χ1) is 8.02. The van der Waals surface area contributed by atoms with Crippen molar-refractivity contribution in [3.8, 4) is 5.75 Å². The van der Waals surface area contributed by atoms with Crippen molar-refractivity contribution in [2.75, 3.05) is 19.4 Å². The number of carbonyl (C=O) groups is 1. The molecule has 1 rings (SSSR count). The van der Waals surface area contributed by atoms with Gasteiger partial charge in [-0.1, -0.05) is 12.1 Å². The van der Waals surface area contributed by atoms with Crippen LogP contribution in [-0.2, 0) is 4.79 Å². The van der Waals surface area contributed by atoms with Gasteiger partial charge in [0, 0.05) is 13.1 Å². The average Bonchev–Trinajstić information content (AvgIpc) is 2.30. The average molecular weight is 236 g/mol. The molecule has 2 N–H and O–H groups in total. The van der Waals surface area contributed by atoms with Crippen molar-refractivity contribution in [3.63, 3.8) is 0 Å². The molecule has 4 nitrogen and oxygen atoms in total. The second-order valence-corrected chi connectivity index (χ2v) is 4.23. The predicted molar refractivity (Wildman–Crippen MR) is 68.9 cm³/mol. The normalized spacial score (nSPS) is 10.4. The molecule has 0 saturated heterocycles. The van der Waals surface area contributed by atoms with E-state index in [1.807, 2.05) is 26.0 Å². The van der Waals surface area contributed by atoms with Gasteiger partial charge < -0.3 is 15.4 Å². The highest BCUT2D eigenvalue weighted by Crippen LogP contribution is 2.19. The summed E-state index contributed by atoms with van der Waals surface area (Å²) >= 11 is 0. The van der Waals surface area contributed by atoms with Gasteiger partial charge in [0.2, 0.25) is 5.91 Å². The maximum Gasteiger partial charge on any atom is 0.225 e. The fraction of sp³-hybridized carbons (Fsp3) is 0.462. The van der Waals surface area contributed by atoms with Crippen LogP contribution >= 0.6 is 0 Å². The molecular weight excluding hydrogens is 216 g/mol. The quantitative estimate of drug-likeness (QED) is 0.794. The van der Waals surface area contributed by atoms with Gasteiger partial charge >= 0.3 is 0 Å². The number of carbonyl (C=O) groups excluding carboxylic acids is 1. The number of hydrogen-bond acceptors (Lipinski definition) is 3. The van der Waals surface area contributed by atoms with Crippen LogP contribution in [-0.4, -0.2) is 30.5 Å². The Morgan fingerprint density at radius 3 is 2.65 bits per heavy atom. The molecule has 0 aliphatic carbocycles. The molecule has 0 heterocycles. The fourth-order valence-corrected chi connectivity index (χ4v) is 1.32. The highest BCUT2D eigenvalue weighted by Gasteiger charge is 2.11. The van der Waals surface area contributed by atoms with Gasteiger partial charge in [-0.3, -0.25) is 4.79 Å². The summed E-state index contributed by atoms with van der Waals surface area (Å²) in [6.07, 6.45) is 0.364. The van der Waals surface area contributed by atoms with Crippen molar-refractivity contribution >= 4 is 11.6 Å². The molecule has 94 valence electrons. The fourth-order valence-electron chi connectivity index (χ4n) is 1.32. The van der Waals surface area contributed by atoms with Crippen LogP contribution in [0.15, 0.2) is 24.3 Å². The monoisotopic (exact) mass is 236 g/mol. The number of nitrogens with zero attached hydrogens (tertiary/aromatic N) is 1. The predicted octanol–water partition coefficient (Wildman–Crippen LogP) is 1.90. The van der Waals surface area contributed by atoms with E-state index < -0.39 is 0 Å². The first-order valence-electron chi connectivity index (χ1n) is 5.75. The molecule has 0 atom stereocenters. The Morgan fingerprint density at radius 2 is 2.06 bits per heavy atom. The van der Waals surface area contributed by atoms with Crippen molar-refractivity contribution in [2.24, 2.45) is 0 Å². The molecule has 0 fully saturated rings. The van der Waals surface area contributed by atoms with Crippen LogP contribution in [0.5, 0.6) is 5.75 Å². The van der Waals surface area contributed by atoms with Crippen LogP contribution in [0.25, 0.3) is 0 Å². The van der Waals surface area contributed by atoms with E-state index in [-0.39, 0.29) is 11.9 Å². The SMILES string of the molecule is CC(C)N(C)C(=O)CCOc1ccccc1N. The van der Waals surface area contributed by atoms with Crippen LogP contribution in [0, 0.1) is 0 Å². The van der Waals surface area contributed by atoms with Gasteiger partial charge in [0.15, 0.2) is 0 Å². The number of rotatable bonds is 5. The summed E-state index contributed by atoms with van der Waals surface area (Å²) in [5.74, 6) is 0.710. The van der Waals surface area contributed by atoms with Crippen molar-refractivity contribution in [3.05, 3.63) is 24.3 Å². The minimum atomic E-state index is 0.0782. The Morgan fingerprint density at radius 1 is 1.41 bits per heavy atom. The molecule has 0 saturated carbocycles. The largest absolute Gasteiger partial charge is 0.491 e. The zero-order chi connectivity index (χ0) is 12.8. The van der Waals surface area contributed by atoms with E-state index in [1.165, 1.54) is 0 Å². The number of nitrogens with two attached hydrogens (primary N) is 1. The van der Waals surface area contributed by atoms with Gasteiger partial charge in [-0.15, -0.1) is 0 Å². The molecular formula is C13H20N2O2. The van der Waals surface area contributed by atoms with E-state index in [1.54, 1.807) is 24.1 Å². The molecule has 0 aliphatic heterocycles. The third kappa shape index (κ3) is 3.98. The number of benzene rings is 1. The molecule has 1 aromatic rings. The molecule has 4 heteroatoms. The number of ether oxygens (including phenoxy) is 1. The molecule has 17 heavy (non-hydrogen) atoms. The topological polar surface area (TPSA) is 55.6 Å². The molecule has 0 aromatic heterocycles. The standard InChI is InChI=1S/C13H20N2O2/c1-10(2)15(3)13(16)8-9-17-12-7-5-4-6-11(12)14/h4-7,10H,8-9,14H2,1-3H3. The van der Waals surface area contributed by atoms with Gasteiger partial charge in [0.25, 0.3) is 0 Å². The van der Waals surface area contributed by atoms with E-state index in [0.717, 1.165) is 0 Å². The molecule has 1 aromatic carbocycles. The summed E-state index contributed by atoms with van der Waals surface area (Å²) in [5.41, 5.74) is 6.32. The smallest absolute Gasteiger partial charge is 0.225 e. The molecule has 0 aliphatic rings. The number of nitrogen functional groups attached to an aromatic ring is 1. The number of amides is 1. The number of para-hydroxylation sites is 2. The van der Waals surface area contributed by atoms with E-state index in [4.69, 9.17) is 10.5 Å². The maximum atomic E-state index is 11.7. The first kappa shape index (κ1) is 13.4. The van der Waals surface area contributed by atoms with E-state index in [9.17, 15) is 4.79 Å². The minimum Gasteiger partial charge on any atom is -0.491 e. The lowest BCUT2D eigenvalue weighted by Gasteiger charge is -2.21. The van der Waals surface area contributed by atoms with E-state index in [0.29, 0.717) is 24.5 Å². The van der Waals surface area contributed by atoms with Gasteiger partial charge in [0.1, 0.15) is 5.75 Å². The maximum absolute atomic E-state index is 11.7. The molecule has 0 bridgehead atoms. The molecule has 0 spiro atoms. The van der Waals surface area contributed by atoms with Crippen LogP contribution in [0.1, 0.15) is 20.3 Å².